The second kappa shape index (κ2) is 5.36. The van der Waals surface area contributed by atoms with Crippen LogP contribution in [0.1, 0.15) is 37.9 Å². The third-order valence-corrected chi connectivity index (χ3v) is 3.28. The van der Waals surface area contributed by atoms with Crippen molar-refractivity contribution in [2.24, 2.45) is 0 Å². The van der Waals surface area contributed by atoms with E-state index in [1.54, 1.807) is 0 Å². The Morgan fingerprint density at radius 2 is 1.94 bits per heavy atom. The highest BCUT2D eigenvalue weighted by Gasteiger charge is 2.25. The van der Waals surface area contributed by atoms with E-state index in [-0.39, 0.29) is 5.41 Å². The molecule has 0 aliphatic carbocycles. The second-order valence-corrected chi connectivity index (χ2v) is 5.03. The molecule has 0 amide bonds. The van der Waals surface area contributed by atoms with Gasteiger partial charge in [0.05, 0.1) is 0 Å². The van der Waals surface area contributed by atoms with Crippen LogP contribution in [0.4, 0.5) is 0 Å². The van der Waals surface area contributed by atoms with Gasteiger partial charge < -0.3 is 10.3 Å². The van der Waals surface area contributed by atoms with E-state index in [0.29, 0.717) is 0 Å². The zero-order chi connectivity index (χ0) is 13.0. The number of imidazole rings is 1. The Labute approximate surface area is 109 Å². The lowest BCUT2D eigenvalue weighted by Crippen LogP contribution is -2.21. The number of H-pyrrole nitrogens is 1. The number of benzene rings is 1. The predicted octanol–water partition coefficient (Wildman–Crippen LogP) is 2.85. The molecule has 0 aliphatic rings. The van der Waals surface area contributed by atoms with Gasteiger partial charge in [0.1, 0.15) is 5.82 Å². The van der Waals surface area contributed by atoms with E-state index in [9.17, 15) is 0 Å². The maximum absolute atomic E-state index is 4.52. The number of nitrogens with one attached hydrogen (secondary N) is 2. The number of aromatic nitrogens is 2. The van der Waals surface area contributed by atoms with Crippen LogP contribution in [0.3, 0.4) is 0 Å². The van der Waals surface area contributed by atoms with Crippen LogP contribution in [-0.4, -0.2) is 16.5 Å². The van der Waals surface area contributed by atoms with E-state index in [0.717, 1.165) is 24.6 Å². The Hall–Kier alpha value is -1.61. The molecule has 2 N–H and O–H groups in total. The summed E-state index contributed by atoms with van der Waals surface area (Å²) in [6.45, 7) is 8.30. The lowest BCUT2D eigenvalue weighted by atomic mass is 9.84. The number of aromatic amines is 1. The summed E-state index contributed by atoms with van der Waals surface area (Å²) < 4.78 is 0. The normalized spacial score (nSPS) is 11.7. The molecule has 0 unspecified atom stereocenters. The van der Waals surface area contributed by atoms with Crippen LogP contribution in [0.25, 0.3) is 0 Å². The van der Waals surface area contributed by atoms with Gasteiger partial charge in [-0.05, 0) is 26.0 Å². The Kier molecular flexibility index (Phi) is 3.82. The highest BCUT2D eigenvalue weighted by atomic mass is 15.0. The molecule has 2 rings (SSSR count). The zero-order valence-electron chi connectivity index (χ0n) is 11.3. The molecule has 1 aromatic heterocycles. The minimum atomic E-state index is -0.0915. The Morgan fingerprint density at radius 3 is 2.61 bits per heavy atom. The van der Waals surface area contributed by atoms with Crippen LogP contribution in [0.2, 0.25) is 0 Å². The summed E-state index contributed by atoms with van der Waals surface area (Å²) in [5.74, 6) is 1.02. The number of nitrogens with zero attached hydrogens (tertiary/aromatic N) is 1. The van der Waals surface area contributed by atoms with Crippen LogP contribution >= 0.6 is 0 Å². The summed E-state index contributed by atoms with van der Waals surface area (Å²) in [5.41, 5.74) is 2.32. The van der Waals surface area contributed by atoms with Crippen LogP contribution < -0.4 is 5.32 Å². The van der Waals surface area contributed by atoms with Crippen LogP contribution in [0.15, 0.2) is 36.5 Å². The van der Waals surface area contributed by atoms with Crippen molar-refractivity contribution in [2.75, 3.05) is 6.54 Å². The SMILES string of the molecule is CCNCc1cnc(C(C)(C)c2ccccc2)[nH]1. The molecule has 0 saturated heterocycles. The fourth-order valence-corrected chi connectivity index (χ4v) is 2.02. The molecule has 2 aromatic rings. The third-order valence-electron chi connectivity index (χ3n) is 3.28. The van der Waals surface area contributed by atoms with Gasteiger partial charge in [0.25, 0.3) is 0 Å². The van der Waals surface area contributed by atoms with Crippen LogP contribution in [0, 0.1) is 0 Å². The van der Waals surface area contributed by atoms with E-state index in [1.807, 2.05) is 12.3 Å². The first-order chi connectivity index (χ1) is 8.64. The van der Waals surface area contributed by atoms with E-state index in [4.69, 9.17) is 0 Å². The topological polar surface area (TPSA) is 40.7 Å². The molecule has 0 fully saturated rings. The average molecular weight is 243 g/mol. The van der Waals surface area contributed by atoms with Crippen molar-refractivity contribution >= 4 is 0 Å². The van der Waals surface area contributed by atoms with Crippen molar-refractivity contribution in [3.8, 4) is 0 Å². The van der Waals surface area contributed by atoms with Gasteiger partial charge in [-0.3, -0.25) is 0 Å². The molecule has 0 aliphatic heterocycles. The van der Waals surface area contributed by atoms with Gasteiger partial charge in [0, 0.05) is 23.9 Å². The molecule has 0 saturated carbocycles. The molecule has 1 heterocycles. The van der Waals surface area contributed by atoms with Crippen LogP contribution in [-0.2, 0) is 12.0 Å². The molecular formula is C15H21N3. The molecule has 0 atom stereocenters. The van der Waals surface area contributed by atoms with Gasteiger partial charge in [-0.25, -0.2) is 4.98 Å². The largest absolute Gasteiger partial charge is 0.344 e. The minimum absolute atomic E-state index is 0.0915. The molecule has 3 heteroatoms. The quantitative estimate of drug-likeness (QED) is 0.847. The van der Waals surface area contributed by atoms with Gasteiger partial charge >= 0.3 is 0 Å². The van der Waals surface area contributed by atoms with E-state index < -0.39 is 0 Å². The van der Waals surface area contributed by atoms with Crippen molar-refractivity contribution in [2.45, 2.75) is 32.7 Å². The van der Waals surface area contributed by atoms with Gasteiger partial charge in [-0.1, -0.05) is 37.3 Å². The van der Waals surface area contributed by atoms with Crippen molar-refractivity contribution in [3.63, 3.8) is 0 Å². The van der Waals surface area contributed by atoms with Gasteiger partial charge in [0.15, 0.2) is 0 Å². The molecule has 96 valence electrons. The average Bonchev–Trinajstić information content (AvgIpc) is 2.87. The molecular weight excluding hydrogens is 222 g/mol. The fraction of sp³-hybridized carbons (Fsp3) is 0.400. The van der Waals surface area contributed by atoms with Gasteiger partial charge in [0.2, 0.25) is 0 Å². The first-order valence-corrected chi connectivity index (χ1v) is 6.45. The Morgan fingerprint density at radius 1 is 1.22 bits per heavy atom. The van der Waals surface area contributed by atoms with E-state index >= 15 is 0 Å². The van der Waals surface area contributed by atoms with Crippen molar-refractivity contribution < 1.29 is 0 Å². The minimum Gasteiger partial charge on any atom is -0.344 e. The summed E-state index contributed by atoms with van der Waals surface area (Å²) in [6, 6.07) is 10.5. The van der Waals surface area contributed by atoms with E-state index in [1.165, 1.54) is 5.56 Å². The Balaban J connectivity index is 2.22. The molecule has 3 nitrogen and oxygen atoms in total. The summed E-state index contributed by atoms with van der Waals surface area (Å²) in [4.78, 5) is 7.93. The third kappa shape index (κ3) is 2.62. The smallest absolute Gasteiger partial charge is 0.116 e. The first-order valence-electron chi connectivity index (χ1n) is 6.45. The molecule has 1 aromatic carbocycles. The van der Waals surface area contributed by atoms with E-state index in [2.05, 4.69) is 60.3 Å². The molecule has 18 heavy (non-hydrogen) atoms. The molecule has 0 bridgehead atoms. The summed E-state index contributed by atoms with van der Waals surface area (Å²) in [5, 5.41) is 3.30. The number of hydrogen-bond donors (Lipinski definition) is 2. The summed E-state index contributed by atoms with van der Waals surface area (Å²) in [6.07, 6.45) is 1.92. The summed E-state index contributed by atoms with van der Waals surface area (Å²) >= 11 is 0. The lowest BCUT2D eigenvalue weighted by Gasteiger charge is -2.22. The Bertz CT molecular complexity index is 485. The van der Waals surface area contributed by atoms with Crippen molar-refractivity contribution in [1.29, 1.82) is 0 Å². The second-order valence-electron chi connectivity index (χ2n) is 5.03. The maximum atomic E-state index is 4.52. The maximum Gasteiger partial charge on any atom is 0.116 e. The van der Waals surface area contributed by atoms with Gasteiger partial charge in [-0.2, -0.15) is 0 Å². The number of hydrogen-bond acceptors (Lipinski definition) is 2. The monoisotopic (exact) mass is 243 g/mol. The molecule has 0 spiro atoms. The van der Waals surface area contributed by atoms with Gasteiger partial charge in [-0.15, -0.1) is 0 Å². The first kappa shape index (κ1) is 12.8. The highest BCUT2D eigenvalue weighted by molar-refractivity contribution is 5.31. The predicted molar refractivity (Wildman–Crippen MR) is 74.5 cm³/mol. The van der Waals surface area contributed by atoms with Crippen LogP contribution in [0.5, 0.6) is 0 Å². The molecule has 0 radical (unpaired) electrons. The zero-order valence-corrected chi connectivity index (χ0v) is 11.3. The highest BCUT2D eigenvalue weighted by Crippen LogP contribution is 2.28. The fourth-order valence-electron chi connectivity index (χ4n) is 2.02. The summed E-state index contributed by atoms with van der Waals surface area (Å²) in [7, 11) is 0. The van der Waals surface area contributed by atoms with Crippen molar-refractivity contribution in [3.05, 3.63) is 53.6 Å². The number of rotatable bonds is 5. The van der Waals surface area contributed by atoms with Crippen molar-refractivity contribution in [1.82, 2.24) is 15.3 Å². The lowest BCUT2D eigenvalue weighted by molar-refractivity contribution is 0.595. The standard InChI is InChI=1S/C15H21N3/c1-4-16-10-13-11-17-14(18-13)15(2,3)12-8-6-5-7-9-12/h5-9,11,16H,4,10H2,1-3H3,(H,17,18).